The van der Waals surface area contributed by atoms with E-state index in [1.165, 1.54) is 18.2 Å². The minimum Gasteiger partial charge on any atom is -0.530 e. The minimum absolute atomic E-state index is 0.0471. The first-order valence-electron chi connectivity index (χ1n) is 15.3. The molecule has 2 aromatic rings. The van der Waals surface area contributed by atoms with E-state index in [4.69, 9.17) is 15.2 Å². The lowest BCUT2D eigenvalue weighted by atomic mass is 9.87. The predicted molar refractivity (Wildman–Crippen MR) is 170 cm³/mol. The van der Waals surface area contributed by atoms with Gasteiger partial charge in [0, 0.05) is 31.2 Å². The molecule has 0 unspecified atom stereocenters. The Bertz CT molecular complexity index is 1540. The summed E-state index contributed by atoms with van der Waals surface area (Å²) in [7, 11) is -7.62. The third-order valence-electron chi connectivity index (χ3n) is 8.55. The first-order chi connectivity index (χ1) is 21.6. The third-order valence-corrected chi connectivity index (χ3v) is 11.1. The zero-order valence-corrected chi connectivity index (χ0v) is 28.1. The fourth-order valence-electron chi connectivity index (χ4n) is 6.30. The summed E-state index contributed by atoms with van der Waals surface area (Å²) in [5, 5.41) is 24.7. The second-order valence-corrected chi connectivity index (χ2v) is 16.7. The van der Waals surface area contributed by atoms with Crippen LogP contribution in [0, 0.1) is 11.3 Å². The van der Waals surface area contributed by atoms with Crippen molar-refractivity contribution in [3.8, 4) is 0 Å². The van der Waals surface area contributed by atoms with Crippen LogP contribution in [0.5, 0.6) is 0 Å². The first kappa shape index (κ1) is 36.1. The summed E-state index contributed by atoms with van der Waals surface area (Å²) < 4.78 is 66.3. The monoisotopic (exact) mass is 681 g/mol. The van der Waals surface area contributed by atoms with Crippen molar-refractivity contribution in [1.29, 1.82) is 0 Å². The number of fused-ring (bicyclic) bond motifs is 1. The predicted octanol–water partition coefficient (Wildman–Crippen LogP) is 0.994. The summed E-state index contributed by atoms with van der Waals surface area (Å²) in [6, 6.07) is 13.2. The Hall–Kier alpha value is -2.79. The number of hydrogen-bond acceptors (Lipinski definition) is 10. The van der Waals surface area contributed by atoms with E-state index in [9.17, 15) is 31.8 Å². The number of carboxylic acid groups (broad SMARTS) is 1. The van der Waals surface area contributed by atoms with Gasteiger partial charge in [-0.15, -0.1) is 0 Å². The van der Waals surface area contributed by atoms with E-state index in [0.29, 0.717) is 25.9 Å². The van der Waals surface area contributed by atoms with Crippen LogP contribution in [0.25, 0.3) is 0 Å². The van der Waals surface area contributed by atoms with E-state index in [1.54, 1.807) is 18.2 Å². The highest BCUT2D eigenvalue weighted by molar-refractivity contribution is 7.89. The lowest BCUT2D eigenvalue weighted by Gasteiger charge is -2.43. The highest BCUT2D eigenvalue weighted by atomic mass is 32.2. The van der Waals surface area contributed by atoms with Crippen LogP contribution in [0.3, 0.4) is 0 Å². The van der Waals surface area contributed by atoms with Gasteiger partial charge >= 0.3 is 0 Å². The Kier molecular flexibility index (Phi) is 11.7. The van der Waals surface area contributed by atoms with E-state index in [2.05, 4.69) is 4.72 Å². The number of carbonyl (C=O) groups is 1. The fraction of sp³-hybridized carbons (Fsp3) is 0.581. The van der Waals surface area contributed by atoms with Crippen molar-refractivity contribution >= 4 is 31.8 Å². The number of ether oxygens (including phenoxy) is 2. The molecule has 2 fully saturated rings. The van der Waals surface area contributed by atoms with Gasteiger partial charge in [0.2, 0.25) is 20.0 Å². The number of nitrogens with one attached hydrogen (secondary N) is 1. The van der Waals surface area contributed by atoms with Gasteiger partial charge in [-0.25, -0.2) is 21.6 Å². The van der Waals surface area contributed by atoms with Crippen LogP contribution in [0.1, 0.15) is 38.7 Å². The van der Waals surface area contributed by atoms with E-state index in [-0.39, 0.29) is 42.6 Å². The summed E-state index contributed by atoms with van der Waals surface area (Å²) in [4.78, 5) is 13.9. The molecule has 15 heteroatoms. The van der Waals surface area contributed by atoms with E-state index < -0.39 is 62.6 Å². The van der Waals surface area contributed by atoms with Gasteiger partial charge in [0.1, 0.15) is 6.09 Å². The van der Waals surface area contributed by atoms with Crippen LogP contribution < -0.4 is 15.6 Å². The van der Waals surface area contributed by atoms with E-state index in [1.807, 2.05) is 32.0 Å². The van der Waals surface area contributed by atoms with Gasteiger partial charge in [-0.05, 0) is 54.9 Å². The van der Waals surface area contributed by atoms with E-state index in [0.717, 1.165) is 21.0 Å². The van der Waals surface area contributed by atoms with Gasteiger partial charge in [0.05, 0.1) is 42.6 Å². The maximum absolute atomic E-state index is 14.1. The zero-order valence-electron chi connectivity index (χ0n) is 26.4. The Balaban J connectivity index is 1.67. The smallest absolute Gasteiger partial charge is 0.243 e. The third kappa shape index (κ3) is 9.40. The van der Waals surface area contributed by atoms with Gasteiger partial charge in [0.15, 0.2) is 6.29 Å². The molecule has 0 bridgehead atoms. The number of amides is 1. The molecule has 0 saturated carbocycles. The van der Waals surface area contributed by atoms with Gasteiger partial charge in [0.25, 0.3) is 0 Å². The number of benzene rings is 2. The van der Waals surface area contributed by atoms with Crippen LogP contribution in [0.4, 0.5) is 10.5 Å². The molecule has 1 amide bonds. The summed E-state index contributed by atoms with van der Waals surface area (Å²) >= 11 is 0. The Morgan fingerprint density at radius 3 is 2.50 bits per heavy atom. The maximum Gasteiger partial charge on any atom is 0.243 e. The number of hydrogen-bond donors (Lipinski definition) is 3. The molecule has 5 atom stereocenters. The standard InChI is InChI=1S/C31H46N4O9S2/c1-31(2,14-8-15-33-45(3,39)40)21-34(46(41,42)24-12-7-11-23(32)18-24)19-28(36)26(17-22-9-5-4-6-10-22)35(30(37)38)27-20-44-29-25(27)13-16-43-29/h4-7,9-12,18,25-29,33,36H,8,13-17,19-21,32H2,1-3H3,(H,37,38)/p-1/t25-,26-,27-,28+,29+/m0/s1. The van der Waals surface area contributed by atoms with Crippen molar-refractivity contribution in [3.05, 3.63) is 60.2 Å². The van der Waals surface area contributed by atoms with Gasteiger partial charge in [-0.1, -0.05) is 50.2 Å². The van der Waals surface area contributed by atoms with E-state index >= 15 is 0 Å². The van der Waals surface area contributed by atoms with Crippen molar-refractivity contribution in [2.45, 2.75) is 68.9 Å². The zero-order chi connectivity index (χ0) is 33.7. The number of nitrogen functional groups attached to an aromatic ring is 1. The molecule has 2 saturated heterocycles. The number of rotatable bonds is 16. The highest BCUT2D eigenvalue weighted by Gasteiger charge is 2.47. The summed E-state index contributed by atoms with van der Waals surface area (Å²) in [5.41, 5.74) is 6.26. The lowest BCUT2D eigenvalue weighted by molar-refractivity contribution is -0.273. The number of sulfonamides is 2. The molecule has 0 radical (unpaired) electrons. The molecule has 2 aromatic carbocycles. The quantitative estimate of drug-likeness (QED) is 0.170. The molecule has 2 aliphatic heterocycles. The molecule has 2 aliphatic rings. The lowest BCUT2D eigenvalue weighted by Crippen LogP contribution is -2.61. The van der Waals surface area contributed by atoms with Gasteiger partial charge < -0.3 is 35.1 Å². The number of anilines is 1. The molecule has 13 nitrogen and oxygen atoms in total. The topological polar surface area (TPSA) is 192 Å². The molecule has 4 rings (SSSR count). The van der Waals surface area contributed by atoms with Crippen LogP contribution in [-0.4, -0.2) is 101 Å². The molecular weight excluding hydrogens is 636 g/mol. The number of aliphatic hydroxyl groups is 1. The largest absolute Gasteiger partial charge is 0.530 e. The van der Waals surface area contributed by atoms with Gasteiger partial charge in [-0.2, -0.15) is 4.31 Å². The normalized spacial score (nSPS) is 21.6. The number of aliphatic hydroxyl groups excluding tert-OH is 1. The molecular formula is C31H45N4O9S2-. The molecule has 0 spiro atoms. The van der Waals surface area contributed by atoms with Crippen LogP contribution >= 0.6 is 0 Å². The van der Waals surface area contributed by atoms with Crippen LogP contribution in [0.2, 0.25) is 0 Å². The molecule has 256 valence electrons. The highest BCUT2D eigenvalue weighted by Crippen LogP contribution is 2.36. The van der Waals surface area contributed by atoms with Gasteiger partial charge in [-0.3, -0.25) is 0 Å². The fourth-order valence-corrected chi connectivity index (χ4v) is 8.52. The molecule has 2 heterocycles. The molecule has 0 aromatic heterocycles. The molecule has 4 N–H and O–H groups in total. The van der Waals surface area contributed by atoms with Crippen LogP contribution in [-0.2, 0) is 35.9 Å². The summed E-state index contributed by atoms with van der Waals surface area (Å²) in [5.74, 6) is -0.255. The summed E-state index contributed by atoms with van der Waals surface area (Å²) in [6.07, 6.45) is -0.893. The van der Waals surface area contributed by atoms with Crippen molar-refractivity contribution in [2.75, 3.05) is 44.8 Å². The molecule has 46 heavy (non-hydrogen) atoms. The second-order valence-electron chi connectivity index (χ2n) is 12.9. The average Bonchev–Trinajstić information content (AvgIpc) is 3.60. The Morgan fingerprint density at radius 1 is 1.13 bits per heavy atom. The van der Waals surface area contributed by atoms with Crippen LogP contribution in [0.15, 0.2) is 59.5 Å². The second kappa shape index (κ2) is 15.0. The van der Waals surface area contributed by atoms with Crippen molar-refractivity contribution in [2.24, 2.45) is 11.3 Å². The van der Waals surface area contributed by atoms with Crippen molar-refractivity contribution < 1.29 is 41.3 Å². The number of nitrogens with zero attached hydrogens (tertiary/aromatic N) is 2. The first-order valence-corrected chi connectivity index (χ1v) is 18.7. The number of nitrogens with two attached hydrogens (primary N) is 1. The van der Waals surface area contributed by atoms with Crippen molar-refractivity contribution in [1.82, 2.24) is 13.9 Å². The van der Waals surface area contributed by atoms with Crippen molar-refractivity contribution in [3.63, 3.8) is 0 Å². The number of carbonyl (C=O) groups excluding carboxylic acids is 1. The Morgan fingerprint density at radius 2 is 1.85 bits per heavy atom. The average molecular weight is 682 g/mol. The Labute approximate surface area is 271 Å². The molecule has 0 aliphatic carbocycles. The minimum atomic E-state index is -4.24. The SMILES string of the molecule is CC(C)(CCCNS(C)(=O)=O)CN(C[C@@H](O)[C@H](Cc1ccccc1)N(C(=O)[O-])[C@H]1CO[C@H]2OCC[C@H]21)S(=O)(=O)c1cccc(N)c1. The summed E-state index contributed by atoms with van der Waals surface area (Å²) in [6.45, 7) is 3.89. The maximum atomic E-state index is 14.1.